The van der Waals surface area contributed by atoms with Crippen molar-refractivity contribution in [2.75, 3.05) is 19.6 Å². The Morgan fingerprint density at radius 3 is 2.38 bits per heavy atom. The molecule has 0 spiro atoms. The van der Waals surface area contributed by atoms with Gasteiger partial charge in [0.2, 0.25) is 0 Å². The van der Waals surface area contributed by atoms with Gasteiger partial charge in [0.15, 0.2) is 0 Å². The van der Waals surface area contributed by atoms with E-state index in [1.165, 1.54) is 0 Å². The zero-order valence-electron chi connectivity index (χ0n) is 10.4. The Hall–Kier alpha value is -0.890. The minimum atomic E-state index is -0.0645. The second kappa shape index (κ2) is 7.39. The lowest BCUT2D eigenvalue weighted by molar-refractivity contribution is 0.297. The average Bonchev–Trinajstić information content (AvgIpc) is 2.31. The molecule has 1 nitrogen and oxygen atoms in total. The second-order valence-electron chi connectivity index (χ2n) is 4.08. The maximum Gasteiger partial charge on any atom is 0.126 e. The fourth-order valence-electron chi connectivity index (χ4n) is 1.89. The molecule has 0 saturated carbocycles. The third kappa shape index (κ3) is 4.31. The van der Waals surface area contributed by atoms with Crippen molar-refractivity contribution >= 4 is 0 Å². The zero-order chi connectivity index (χ0) is 11.8. The Bertz CT molecular complexity index is 295. The van der Waals surface area contributed by atoms with E-state index in [0.717, 1.165) is 44.5 Å². The molecule has 0 aliphatic carbocycles. The lowest BCUT2D eigenvalue weighted by Crippen LogP contribution is -2.23. The highest BCUT2D eigenvalue weighted by Crippen LogP contribution is 2.10. The Labute approximate surface area is 98.3 Å². The van der Waals surface area contributed by atoms with Crippen LogP contribution in [0.2, 0.25) is 0 Å². The van der Waals surface area contributed by atoms with E-state index in [-0.39, 0.29) is 5.82 Å². The van der Waals surface area contributed by atoms with Gasteiger partial charge in [-0.15, -0.1) is 0 Å². The van der Waals surface area contributed by atoms with Crippen molar-refractivity contribution < 1.29 is 4.39 Å². The Balaban J connectivity index is 2.23. The van der Waals surface area contributed by atoms with Gasteiger partial charge in [0.05, 0.1) is 0 Å². The van der Waals surface area contributed by atoms with Crippen LogP contribution in [0.15, 0.2) is 24.3 Å². The van der Waals surface area contributed by atoms with Gasteiger partial charge in [0, 0.05) is 0 Å². The Morgan fingerprint density at radius 2 is 1.75 bits per heavy atom. The van der Waals surface area contributed by atoms with Crippen LogP contribution in [-0.2, 0) is 6.42 Å². The van der Waals surface area contributed by atoms with Crippen molar-refractivity contribution in [1.82, 2.24) is 4.90 Å². The molecule has 16 heavy (non-hydrogen) atoms. The van der Waals surface area contributed by atoms with Crippen LogP contribution in [-0.4, -0.2) is 24.5 Å². The molecule has 1 aromatic carbocycles. The molecule has 1 aromatic rings. The summed E-state index contributed by atoms with van der Waals surface area (Å²) in [7, 11) is 0. The summed E-state index contributed by atoms with van der Waals surface area (Å²) in [6.07, 6.45) is 3.07. The van der Waals surface area contributed by atoms with Crippen LogP contribution in [0, 0.1) is 5.82 Å². The standard InChI is InChI=1S/C14H22FN/c1-3-16(4-2)12-8-7-10-13-9-5-6-11-14(13)15/h5-6,9,11H,3-4,7-8,10,12H2,1-2H3. The molecule has 0 bridgehead atoms. The van der Waals surface area contributed by atoms with Crippen molar-refractivity contribution in [3.63, 3.8) is 0 Å². The molecular weight excluding hydrogens is 201 g/mol. The van der Waals surface area contributed by atoms with Crippen molar-refractivity contribution in [2.45, 2.75) is 33.1 Å². The number of nitrogens with zero attached hydrogens (tertiary/aromatic N) is 1. The highest BCUT2D eigenvalue weighted by atomic mass is 19.1. The van der Waals surface area contributed by atoms with E-state index < -0.39 is 0 Å². The minimum Gasteiger partial charge on any atom is -0.304 e. The number of halogens is 1. The first-order valence-electron chi connectivity index (χ1n) is 6.23. The smallest absolute Gasteiger partial charge is 0.126 e. The molecule has 0 amide bonds. The predicted molar refractivity (Wildman–Crippen MR) is 67.1 cm³/mol. The fourth-order valence-corrected chi connectivity index (χ4v) is 1.89. The lowest BCUT2D eigenvalue weighted by atomic mass is 10.1. The van der Waals surface area contributed by atoms with Crippen LogP contribution in [0.1, 0.15) is 32.3 Å². The third-order valence-corrected chi connectivity index (χ3v) is 3.02. The third-order valence-electron chi connectivity index (χ3n) is 3.02. The monoisotopic (exact) mass is 223 g/mol. The first kappa shape index (κ1) is 13.2. The predicted octanol–water partition coefficient (Wildman–Crippen LogP) is 3.49. The van der Waals surface area contributed by atoms with Gasteiger partial charge in [-0.2, -0.15) is 0 Å². The molecular formula is C14H22FN. The number of hydrogen-bond acceptors (Lipinski definition) is 1. The van der Waals surface area contributed by atoms with Crippen molar-refractivity contribution in [3.05, 3.63) is 35.6 Å². The SMILES string of the molecule is CCN(CC)CCCCc1ccccc1F. The topological polar surface area (TPSA) is 3.24 Å². The number of benzene rings is 1. The average molecular weight is 223 g/mol. The fraction of sp³-hybridized carbons (Fsp3) is 0.571. The molecule has 0 aromatic heterocycles. The van der Waals surface area contributed by atoms with Gasteiger partial charge in [-0.1, -0.05) is 32.0 Å². The molecule has 1 rings (SSSR count). The van der Waals surface area contributed by atoms with Crippen LogP contribution in [0.3, 0.4) is 0 Å². The number of aryl methyl sites for hydroxylation is 1. The summed E-state index contributed by atoms with van der Waals surface area (Å²) in [5.74, 6) is -0.0645. The van der Waals surface area contributed by atoms with Crippen molar-refractivity contribution in [1.29, 1.82) is 0 Å². The van der Waals surface area contributed by atoms with Crippen LogP contribution in [0.4, 0.5) is 4.39 Å². The maximum absolute atomic E-state index is 13.3. The van der Waals surface area contributed by atoms with E-state index >= 15 is 0 Å². The maximum atomic E-state index is 13.3. The molecule has 0 atom stereocenters. The van der Waals surface area contributed by atoms with E-state index in [1.54, 1.807) is 12.1 Å². The van der Waals surface area contributed by atoms with Crippen LogP contribution < -0.4 is 0 Å². The van der Waals surface area contributed by atoms with Gasteiger partial charge in [-0.25, -0.2) is 4.39 Å². The second-order valence-corrected chi connectivity index (χ2v) is 4.08. The van der Waals surface area contributed by atoms with Crippen LogP contribution in [0.25, 0.3) is 0 Å². The summed E-state index contributed by atoms with van der Waals surface area (Å²) in [6.45, 7) is 7.70. The largest absolute Gasteiger partial charge is 0.304 e. The van der Waals surface area contributed by atoms with Crippen LogP contribution in [0.5, 0.6) is 0 Å². The summed E-state index contributed by atoms with van der Waals surface area (Å²) in [6, 6.07) is 7.07. The van der Waals surface area contributed by atoms with E-state index in [0.29, 0.717) is 0 Å². The molecule has 0 radical (unpaired) electrons. The summed E-state index contributed by atoms with van der Waals surface area (Å²) in [5.41, 5.74) is 0.849. The van der Waals surface area contributed by atoms with E-state index in [1.807, 2.05) is 12.1 Å². The molecule has 0 aliphatic rings. The number of rotatable bonds is 7. The molecule has 2 heteroatoms. The highest BCUT2D eigenvalue weighted by molar-refractivity contribution is 5.17. The molecule has 0 saturated heterocycles. The first-order valence-corrected chi connectivity index (χ1v) is 6.23. The minimum absolute atomic E-state index is 0.0645. The summed E-state index contributed by atoms with van der Waals surface area (Å²) < 4.78 is 13.3. The summed E-state index contributed by atoms with van der Waals surface area (Å²) in [5, 5.41) is 0. The van der Waals surface area contributed by atoms with Gasteiger partial charge in [0.25, 0.3) is 0 Å². The Kier molecular flexibility index (Phi) is 6.09. The zero-order valence-corrected chi connectivity index (χ0v) is 10.4. The summed E-state index contributed by atoms with van der Waals surface area (Å²) >= 11 is 0. The van der Waals surface area contributed by atoms with E-state index in [2.05, 4.69) is 18.7 Å². The van der Waals surface area contributed by atoms with Crippen molar-refractivity contribution in [2.24, 2.45) is 0 Å². The molecule has 90 valence electrons. The number of hydrogen-bond donors (Lipinski definition) is 0. The highest BCUT2D eigenvalue weighted by Gasteiger charge is 2.01. The van der Waals surface area contributed by atoms with Gasteiger partial charge in [-0.3, -0.25) is 0 Å². The molecule has 0 fully saturated rings. The molecule has 0 unspecified atom stereocenters. The van der Waals surface area contributed by atoms with Gasteiger partial charge in [-0.05, 0) is 50.5 Å². The van der Waals surface area contributed by atoms with E-state index in [9.17, 15) is 4.39 Å². The van der Waals surface area contributed by atoms with Crippen molar-refractivity contribution in [3.8, 4) is 0 Å². The van der Waals surface area contributed by atoms with Gasteiger partial charge in [0.1, 0.15) is 5.82 Å². The quantitative estimate of drug-likeness (QED) is 0.640. The molecule has 0 heterocycles. The van der Waals surface area contributed by atoms with Gasteiger partial charge < -0.3 is 4.90 Å². The molecule has 0 N–H and O–H groups in total. The van der Waals surface area contributed by atoms with Crippen LogP contribution >= 0.6 is 0 Å². The number of unbranched alkanes of at least 4 members (excludes halogenated alkanes) is 1. The van der Waals surface area contributed by atoms with E-state index in [4.69, 9.17) is 0 Å². The summed E-state index contributed by atoms with van der Waals surface area (Å²) in [4.78, 5) is 2.40. The lowest BCUT2D eigenvalue weighted by Gasteiger charge is -2.17. The van der Waals surface area contributed by atoms with Gasteiger partial charge >= 0.3 is 0 Å². The Morgan fingerprint density at radius 1 is 1.06 bits per heavy atom. The first-order chi connectivity index (χ1) is 7.77. The molecule has 0 aliphatic heterocycles. The normalized spacial score (nSPS) is 11.0.